The maximum absolute atomic E-state index is 13.1. The lowest BCUT2D eigenvalue weighted by molar-refractivity contribution is -0.118. The van der Waals surface area contributed by atoms with Crippen LogP contribution in [-0.2, 0) is 9.59 Å². The number of halogens is 1. The molecule has 9 heteroatoms. The fourth-order valence-electron chi connectivity index (χ4n) is 3.55. The number of nitrogens with one attached hydrogen (secondary N) is 1. The van der Waals surface area contributed by atoms with Gasteiger partial charge in [-0.1, -0.05) is 65.9 Å². The Bertz CT molecular complexity index is 1390. The van der Waals surface area contributed by atoms with Crippen molar-refractivity contribution < 1.29 is 19.1 Å². The molecule has 0 saturated carbocycles. The van der Waals surface area contributed by atoms with Crippen LogP contribution < -0.4 is 19.7 Å². The molecule has 4 rings (SSSR count). The van der Waals surface area contributed by atoms with Crippen LogP contribution in [0.15, 0.2) is 65.6 Å². The molecule has 0 spiro atoms. The Hall–Kier alpha value is -3.33. The van der Waals surface area contributed by atoms with E-state index in [1.165, 1.54) is 18.9 Å². The number of hydrogen-bond acceptors (Lipinski definition) is 6. The van der Waals surface area contributed by atoms with Crippen molar-refractivity contribution in [2.75, 3.05) is 23.9 Å². The van der Waals surface area contributed by atoms with Gasteiger partial charge < -0.3 is 14.8 Å². The number of nitrogens with zero attached hydrogens (tertiary/aromatic N) is 1. The molecular weight excluding hydrogens is 516 g/mol. The van der Waals surface area contributed by atoms with Gasteiger partial charge in [0, 0.05) is 10.7 Å². The lowest BCUT2D eigenvalue weighted by Gasteiger charge is -2.16. The fourth-order valence-corrected chi connectivity index (χ4v) is 5.01. The van der Waals surface area contributed by atoms with E-state index in [4.69, 9.17) is 33.3 Å². The lowest BCUT2D eigenvalue weighted by Crippen LogP contribution is -2.28. The van der Waals surface area contributed by atoms with E-state index in [-0.39, 0.29) is 18.4 Å². The van der Waals surface area contributed by atoms with E-state index < -0.39 is 0 Å². The molecule has 36 heavy (non-hydrogen) atoms. The average molecular weight is 539 g/mol. The average Bonchev–Trinajstić information content (AvgIpc) is 3.13. The molecule has 3 aromatic rings. The predicted molar refractivity (Wildman–Crippen MR) is 150 cm³/mol. The van der Waals surface area contributed by atoms with Crippen LogP contribution in [-0.4, -0.2) is 29.9 Å². The molecule has 184 valence electrons. The van der Waals surface area contributed by atoms with Gasteiger partial charge in [-0.3, -0.25) is 14.5 Å². The van der Waals surface area contributed by atoms with Crippen molar-refractivity contribution in [2.45, 2.75) is 13.8 Å². The normalized spacial score (nSPS) is 14.3. The van der Waals surface area contributed by atoms with Crippen LogP contribution in [0.4, 0.5) is 11.4 Å². The van der Waals surface area contributed by atoms with Gasteiger partial charge in [-0.05, 0) is 66.9 Å². The number of amides is 2. The first kappa shape index (κ1) is 25.8. The number of rotatable bonds is 7. The maximum atomic E-state index is 13.1. The smallest absolute Gasteiger partial charge is 0.270 e. The Kier molecular flexibility index (Phi) is 7.98. The molecule has 0 aromatic heterocycles. The molecule has 2 amide bonds. The van der Waals surface area contributed by atoms with Crippen molar-refractivity contribution in [3.63, 3.8) is 0 Å². The van der Waals surface area contributed by atoms with Crippen molar-refractivity contribution in [2.24, 2.45) is 0 Å². The summed E-state index contributed by atoms with van der Waals surface area (Å²) in [4.78, 5) is 27.5. The third-order valence-corrected chi connectivity index (χ3v) is 7.16. The third-order valence-electron chi connectivity index (χ3n) is 5.45. The number of hydrogen-bond donors (Lipinski definition) is 1. The number of carbonyl (C=O) groups excluding carboxylic acids is 2. The molecule has 1 aliphatic rings. The van der Waals surface area contributed by atoms with Crippen molar-refractivity contribution in [1.82, 2.24) is 0 Å². The summed E-state index contributed by atoms with van der Waals surface area (Å²) < 4.78 is 11.6. The molecule has 3 aromatic carbocycles. The first-order valence-electron chi connectivity index (χ1n) is 11.0. The van der Waals surface area contributed by atoms with Gasteiger partial charge >= 0.3 is 0 Å². The minimum atomic E-state index is -0.332. The summed E-state index contributed by atoms with van der Waals surface area (Å²) in [6, 6.07) is 18.1. The van der Waals surface area contributed by atoms with Crippen LogP contribution >= 0.6 is 35.6 Å². The summed E-state index contributed by atoms with van der Waals surface area (Å²) in [5, 5.41) is 3.32. The van der Waals surface area contributed by atoms with Crippen molar-refractivity contribution >= 4 is 69.2 Å². The van der Waals surface area contributed by atoms with E-state index in [2.05, 4.69) is 5.32 Å². The fraction of sp³-hybridized carbons (Fsp3) is 0.148. The van der Waals surface area contributed by atoms with Gasteiger partial charge in [-0.25, -0.2) is 0 Å². The van der Waals surface area contributed by atoms with Crippen molar-refractivity contribution in [3.8, 4) is 11.5 Å². The van der Waals surface area contributed by atoms with Crippen molar-refractivity contribution in [3.05, 3.63) is 87.3 Å². The molecule has 1 aliphatic heterocycles. The highest BCUT2D eigenvalue weighted by Gasteiger charge is 2.34. The van der Waals surface area contributed by atoms with Gasteiger partial charge in [-0.15, -0.1) is 0 Å². The van der Waals surface area contributed by atoms with Crippen LogP contribution in [0.25, 0.3) is 6.08 Å². The molecule has 1 fully saturated rings. The van der Waals surface area contributed by atoms with Crippen LogP contribution in [0.1, 0.15) is 16.7 Å². The topological polar surface area (TPSA) is 67.9 Å². The highest BCUT2D eigenvalue weighted by molar-refractivity contribution is 8.27. The first-order chi connectivity index (χ1) is 17.3. The number of para-hydroxylation sites is 1. The van der Waals surface area contributed by atoms with Crippen molar-refractivity contribution in [1.29, 1.82) is 0 Å². The summed E-state index contributed by atoms with van der Waals surface area (Å²) in [6.45, 7) is 3.62. The van der Waals surface area contributed by atoms with Crippen LogP contribution in [0, 0.1) is 13.8 Å². The van der Waals surface area contributed by atoms with Gasteiger partial charge in [0.25, 0.3) is 11.8 Å². The Morgan fingerprint density at radius 3 is 2.58 bits per heavy atom. The number of methoxy groups -OCH3 is 1. The maximum Gasteiger partial charge on any atom is 0.270 e. The minimum absolute atomic E-state index is 0.175. The van der Waals surface area contributed by atoms with Crippen LogP contribution in [0.5, 0.6) is 11.5 Å². The van der Waals surface area contributed by atoms with E-state index in [0.717, 1.165) is 22.4 Å². The Balaban J connectivity index is 1.45. The Labute approximate surface area is 224 Å². The van der Waals surface area contributed by atoms with Crippen LogP contribution in [0.2, 0.25) is 5.02 Å². The van der Waals surface area contributed by atoms with Gasteiger partial charge in [0.15, 0.2) is 22.4 Å². The van der Waals surface area contributed by atoms with Crippen LogP contribution in [0.3, 0.4) is 0 Å². The predicted octanol–water partition coefficient (Wildman–Crippen LogP) is 6.39. The summed E-state index contributed by atoms with van der Waals surface area (Å²) in [5.74, 6) is 0.330. The summed E-state index contributed by atoms with van der Waals surface area (Å²) >= 11 is 12.8. The number of carbonyl (C=O) groups is 2. The number of thioether (sulfide) groups is 1. The zero-order chi connectivity index (χ0) is 25.8. The first-order valence-corrected chi connectivity index (χ1v) is 12.6. The highest BCUT2D eigenvalue weighted by atomic mass is 35.5. The summed E-state index contributed by atoms with van der Waals surface area (Å²) in [5.41, 5.74) is 3.99. The molecule has 0 bridgehead atoms. The lowest BCUT2D eigenvalue weighted by atomic mass is 10.1. The molecule has 1 N–H and O–H groups in total. The van der Waals surface area contributed by atoms with E-state index in [1.807, 2.05) is 44.2 Å². The van der Waals surface area contributed by atoms with E-state index in [9.17, 15) is 9.59 Å². The largest absolute Gasteiger partial charge is 0.493 e. The molecule has 0 unspecified atom stereocenters. The number of aryl methyl sites for hydroxylation is 2. The molecule has 0 atom stereocenters. The summed E-state index contributed by atoms with van der Waals surface area (Å²) in [6.07, 6.45) is 1.76. The zero-order valence-electron chi connectivity index (χ0n) is 19.8. The van der Waals surface area contributed by atoms with Gasteiger partial charge in [0.1, 0.15) is 0 Å². The van der Waals surface area contributed by atoms with Gasteiger partial charge in [0.05, 0.1) is 17.7 Å². The molecule has 1 heterocycles. The summed E-state index contributed by atoms with van der Waals surface area (Å²) in [7, 11) is 1.51. The number of benzene rings is 3. The second kappa shape index (κ2) is 11.2. The monoisotopic (exact) mass is 538 g/mol. The number of ether oxygens (including phenoxy) is 2. The van der Waals surface area contributed by atoms with Gasteiger partial charge in [0.2, 0.25) is 0 Å². The molecular formula is C27H23ClN2O4S2. The molecule has 0 radical (unpaired) electrons. The zero-order valence-corrected chi connectivity index (χ0v) is 22.2. The standard InChI is InChI=1S/C27H23ClN2O4S2/c1-16-8-10-19(14-20(16)28)29-25(31)15-34-22-11-9-18(12-23(22)33-3)13-24-26(32)30(27(35)36-24)21-7-5-4-6-17(21)2/h4-14H,15H2,1-3H3,(H,29,31)/b24-13-. The van der Waals surface area contributed by atoms with E-state index in [0.29, 0.717) is 31.4 Å². The quantitative estimate of drug-likeness (QED) is 0.278. The Morgan fingerprint density at radius 2 is 1.86 bits per heavy atom. The minimum Gasteiger partial charge on any atom is -0.493 e. The number of anilines is 2. The third kappa shape index (κ3) is 5.73. The Morgan fingerprint density at radius 1 is 1.08 bits per heavy atom. The second-order valence-corrected chi connectivity index (χ2v) is 10.1. The molecule has 6 nitrogen and oxygen atoms in total. The second-order valence-electron chi connectivity index (χ2n) is 8.01. The van der Waals surface area contributed by atoms with E-state index in [1.54, 1.807) is 41.3 Å². The van der Waals surface area contributed by atoms with Gasteiger partial charge in [-0.2, -0.15) is 0 Å². The molecule has 0 aliphatic carbocycles. The number of thiocarbonyl (C=S) groups is 1. The van der Waals surface area contributed by atoms with E-state index >= 15 is 0 Å². The highest BCUT2D eigenvalue weighted by Crippen LogP contribution is 2.38. The molecule has 1 saturated heterocycles. The SMILES string of the molecule is COc1cc(/C=C2\SC(=S)N(c3ccccc3C)C2=O)ccc1OCC(=O)Nc1ccc(C)c(Cl)c1.